The van der Waals surface area contributed by atoms with E-state index < -0.39 is 18.1 Å². The van der Waals surface area contributed by atoms with Gasteiger partial charge in [-0.1, -0.05) is 55.5 Å². The van der Waals surface area contributed by atoms with Crippen LogP contribution in [0.5, 0.6) is 0 Å². The maximum absolute atomic E-state index is 12.6. The molecule has 0 saturated heterocycles. The highest BCUT2D eigenvalue weighted by Gasteiger charge is 2.30. The van der Waals surface area contributed by atoms with Gasteiger partial charge in [0.1, 0.15) is 12.6 Å². The molecule has 8 heteroatoms. The molecule has 2 atom stereocenters. The second-order valence-corrected chi connectivity index (χ2v) is 8.73. The molecule has 0 spiro atoms. The van der Waals surface area contributed by atoms with Crippen molar-refractivity contribution in [2.45, 2.75) is 25.3 Å². The molecular formula is C25H31N3O5. The molecule has 176 valence electrons. The molecule has 3 rings (SSSR count). The second-order valence-electron chi connectivity index (χ2n) is 8.73. The summed E-state index contributed by atoms with van der Waals surface area (Å²) in [6.45, 7) is 2.39. The van der Waals surface area contributed by atoms with Crippen LogP contribution in [0, 0.1) is 5.92 Å². The molecule has 2 aromatic carbocycles. The summed E-state index contributed by atoms with van der Waals surface area (Å²) in [5.74, 6) is -1.59. The number of amides is 2. The van der Waals surface area contributed by atoms with E-state index >= 15 is 0 Å². The number of benzene rings is 2. The maximum Gasteiger partial charge on any atom is 0.407 e. The maximum atomic E-state index is 12.6. The fourth-order valence-corrected chi connectivity index (χ4v) is 4.11. The number of likely N-dealkylation sites (N-methyl/N-ethyl adjacent to an activating group) is 1. The Hall–Kier alpha value is -3.39. The average molecular weight is 454 g/mol. The smallest absolute Gasteiger partial charge is 0.407 e. The average Bonchev–Trinajstić information content (AvgIpc) is 3.08. The highest BCUT2D eigenvalue weighted by atomic mass is 16.5. The van der Waals surface area contributed by atoms with Crippen LogP contribution in [0.4, 0.5) is 4.79 Å². The molecule has 0 bridgehead atoms. The van der Waals surface area contributed by atoms with E-state index in [0.717, 1.165) is 22.3 Å². The van der Waals surface area contributed by atoms with Crippen LogP contribution in [0.15, 0.2) is 48.5 Å². The van der Waals surface area contributed by atoms with Crippen LogP contribution in [0.25, 0.3) is 11.1 Å². The van der Waals surface area contributed by atoms with Gasteiger partial charge in [-0.05, 0) is 42.3 Å². The van der Waals surface area contributed by atoms with Gasteiger partial charge < -0.3 is 25.4 Å². The molecule has 2 amide bonds. The van der Waals surface area contributed by atoms with E-state index in [4.69, 9.17) is 9.84 Å². The minimum Gasteiger partial charge on any atom is -0.481 e. The van der Waals surface area contributed by atoms with Gasteiger partial charge in [-0.15, -0.1) is 0 Å². The Morgan fingerprint density at radius 1 is 1.03 bits per heavy atom. The minimum atomic E-state index is -0.918. The molecule has 1 aliphatic carbocycles. The Balaban J connectivity index is 1.60. The molecule has 0 fully saturated rings. The molecule has 0 aliphatic heterocycles. The van der Waals surface area contributed by atoms with Crippen LogP contribution in [-0.2, 0) is 14.3 Å². The first-order valence-electron chi connectivity index (χ1n) is 11.0. The van der Waals surface area contributed by atoms with Crippen molar-refractivity contribution in [3.05, 3.63) is 59.7 Å². The van der Waals surface area contributed by atoms with Gasteiger partial charge >= 0.3 is 12.1 Å². The second kappa shape index (κ2) is 11.0. The summed E-state index contributed by atoms with van der Waals surface area (Å²) in [5.41, 5.74) is 4.51. The standard InChI is InChI=1S/C25H31N3O5/c1-16(12-23(29)30)13-26-24(31)22(14-28(2)3)27-25(32)33-15-21-19-10-6-4-8-17(19)18-9-5-7-11-20(18)21/h4-11,16,21-22H,12-15H2,1-3H3,(H,26,31)(H,27,32)(H,29,30)/t16?,22-/m0/s1. The Morgan fingerprint density at radius 3 is 2.15 bits per heavy atom. The van der Waals surface area contributed by atoms with E-state index in [-0.39, 0.29) is 43.9 Å². The lowest BCUT2D eigenvalue weighted by Gasteiger charge is -2.23. The number of alkyl carbamates (subject to hydrolysis) is 1. The summed E-state index contributed by atoms with van der Waals surface area (Å²) >= 11 is 0. The normalized spacial score (nSPS) is 14.2. The highest BCUT2D eigenvalue weighted by molar-refractivity contribution is 5.86. The predicted octanol–water partition coefficient (Wildman–Crippen LogP) is 2.68. The number of ether oxygens (including phenoxy) is 1. The summed E-state index contributed by atoms with van der Waals surface area (Å²) in [6.07, 6.45) is -0.712. The molecule has 3 N–H and O–H groups in total. The Bertz CT molecular complexity index is 962. The summed E-state index contributed by atoms with van der Waals surface area (Å²) in [6, 6.07) is 15.3. The van der Waals surface area contributed by atoms with Crippen LogP contribution < -0.4 is 10.6 Å². The Labute approximate surface area is 193 Å². The fourth-order valence-electron chi connectivity index (χ4n) is 4.11. The highest BCUT2D eigenvalue weighted by Crippen LogP contribution is 2.44. The number of hydrogen-bond donors (Lipinski definition) is 3. The molecule has 33 heavy (non-hydrogen) atoms. The first-order chi connectivity index (χ1) is 15.8. The third kappa shape index (κ3) is 6.32. The van der Waals surface area contributed by atoms with E-state index in [1.54, 1.807) is 25.9 Å². The Morgan fingerprint density at radius 2 is 1.61 bits per heavy atom. The van der Waals surface area contributed by atoms with Gasteiger partial charge in [-0.25, -0.2) is 4.79 Å². The van der Waals surface area contributed by atoms with Crippen LogP contribution in [0.1, 0.15) is 30.4 Å². The number of carbonyl (C=O) groups excluding carboxylic acids is 2. The van der Waals surface area contributed by atoms with Gasteiger partial charge in [0.2, 0.25) is 5.91 Å². The zero-order valence-corrected chi connectivity index (χ0v) is 19.2. The largest absolute Gasteiger partial charge is 0.481 e. The van der Waals surface area contributed by atoms with Crippen molar-refractivity contribution < 1.29 is 24.2 Å². The van der Waals surface area contributed by atoms with Crippen LogP contribution >= 0.6 is 0 Å². The van der Waals surface area contributed by atoms with E-state index in [9.17, 15) is 14.4 Å². The Kier molecular flexibility index (Phi) is 8.06. The quantitative estimate of drug-likeness (QED) is 0.511. The number of nitrogens with zero attached hydrogens (tertiary/aromatic N) is 1. The summed E-state index contributed by atoms with van der Waals surface area (Å²) in [5, 5.41) is 14.3. The van der Waals surface area contributed by atoms with Crippen LogP contribution in [0.2, 0.25) is 0 Å². The molecule has 2 aromatic rings. The third-order valence-corrected chi connectivity index (χ3v) is 5.65. The van der Waals surface area contributed by atoms with Gasteiger partial charge in [-0.2, -0.15) is 0 Å². The monoisotopic (exact) mass is 453 g/mol. The third-order valence-electron chi connectivity index (χ3n) is 5.65. The van der Waals surface area contributed by atoms with Crippen molar-refractivity contribution in [3.8, 4) is 11.1 Å². The lowest BCUT2D eigenvalue weighted by atomic mass is 9.98. The molecule has 0 aromatic heterocycles. The van der Waals surface area contributed by atoms with E-state index in [2.05, 4.69) is 22.8 Å². The number of fused-ring (bicyclic) bond motifs is 3. The first-order valence-corrected chi connectivity index (χ1v) is 11.0. The van der Waals surface area contributed by atoms with Gasteiger partial charge in [0, 0.05) is 25.4 Å². The number of carbonyl (C=O) groups is 3. The van der Waals surface area contributed by atoms with Crippen molar-refractivity contribution in [2.24, 2.45) is 5.92 Å². The topological polar surface area (TPSA) is 108 Å². The molecular weight excluding hydrogens is 422 g/mol. The summed E-state index contributed by atoms with van der Waals surface area (Å²) in [7, 11) is 3.60. The zero-order chi connectivity index (χ0) is 24.0. The van der Waals surface area contributed by atoms with Crippen molar-refractivity contribution in [1.29, 1.82) is 0 Å². The molecule has 0 saturated carbocycles. The number of rotatable bonds is 10. The van der Waals surface area contributed by atoms with Crippen molar-refractivity contribution >= 4 is 18.0 Å². The number of carboxylic acids is 1. The SMILES string of the molecule is CC(CNC(=O)[C@H](CN(C)C)NC(=O)OCC1c2ccccc2-c2ccccc21)CC(=O)O. The molecule has 1 unspecified atom stereocenters. The van der Waals surface area contributed by atoms with E-state index in [1.807, 2.05) is 36.4 Å². The van der Waals surface area contributed by atoms with Crippen LogP contribution in [0.3, 0.4) is 0 Å². The van der Waals surface area contributed by atoms with E-state index in [0.29, 0.717) is 0 Å². The molecule has 0 radical (unpaired) electrons. The van der Waals surface area contributed by atoms with Crippen molar-refractivity contribution in [3.63, 3.8) is 0 Å². The number of hydrogen-bond acceptors (Lipinski definition) is 5. The van der Waals surface area contributed by atoms with Crippen LogP contribution in [-0.4, -0.2) is 67.8 Å². The molecule has 8 nitrogen and oxygen atoms in total. The fraction of sp³-hybridized carbons (Fsp3) is 0.400. The first kappa shape index (κ1) is 24.3. The van der Waals surface area contributed by atoms with Gasteiger partial charge in [0.25, 0.3) is 0 Å². The van der Waals surface area contributed by atoms with Gasteiger partial charge in [0.15, 0.2) is 0 Å². The lowest BCUT2D eigenvalue weighted by molar-refractivity contribution is -0.138. The number of carboxylic acid groups (broad SMARTS) is 1. The van der Waals surface area contributed by atoms with Gasteiger partial charge in [-0.3, -0.25) is 9.59 Å². The van der Waals surface area contributed by atoms with Crippen molar-refractivity contribution in [1.82, 2.24) is 15.5 Å². The van der Waals surface area contributed by atoms with Crippen molar-refractivity contribution in [2.75, 3.05) is 33.8 Å². The number of nitrogens with one attached hydrogen (secondary N) is 2. The summed E-state index contributed by atoms with van der Waals surface area (Å²) < 4.78 is 5.55. The van der Waals surface area contributed by atoms with Gasteiger partial charge in [0.05, 0.1) is 0 Å². The summed E-state index contributed by atoms with van der Waals surface area (Å²) in [4.78, 5) is 37.8. The van der Waals surface area contributed by atoms with E-state index in [1.165, 1.54) is 0 Å². The molecule has 1 aliphatic rings. The minimum absolute atomic E-state index is 0.0432. The predicted molar refractivity (Wildman–Crippen MR) is 125 cm³/mol. The lowest BCUT2D eigenvalue weighted by Crippen LogP contribution is -2.52. The molecule has 0 heterocycles. The zero-order valence-electron chi connectivity index (χ0n) is 19.2. The number of aliphatic carboxylic acids is 1.